The average Bonchev–Trinajstić information content (AvgIpc) is 2.99. The summed E-state index contributed by atoms with van der Waals surface area (Å²) in [5.74, 6) is -1.04. The lowest BCUT2D eigenvalue weighted by atomic mass is 9.81. The molecule has 1 saturated heterocycles. The van der Waals surface area contributed by atoms with Crippen molar-refractivity contribution in [3.05, 3.63) is 58.4 Å². The van der Waals surface area contributed by atoms with Gasteiger partial charge in [-0.15, -0.1) is 0 Å². The zero-order valence-electron chi connectivity index (χ0n) is 18.3. The van der Waals surface area contributed by atoms with Crippen LogP contribution in [0.1, 0.15) is 37.7 Å². The molecule has 0 atom stereocenters. The third kappa shape index (κ3) is 3.46. The Hall–Kier alpha value is -3.68. The number of benzene rings is 2. The number of carbonyl (C=O) groups excluding carboxylic acids is 3. The van der Waals surface area contributed by atoms with Crippen molar-refractivity contribution in [1.29, 1.82) is 0 Å². The van der Waals surface area contributed by atoms with Gasteiger partial charge in [-0.25, -0.2) is 9.59 Å². The summed E-state index contributed by atoms with van der Waals surface area (Å²) in [4.78, 5) is 53.0. The lowest BCUT2D eigenvalue weighted by Crippen LogP contribution is -2.49. The molecule has 3 amide bonds. The van der Waals surface area contributed by atoms with Crippen molar-refractivity contribution < 1.29 is 23.5 Å². The fourth-order valence-electron chi connectivity index (χ4n) is 5.14. The van der Waals surface area contributed by atoms with E-state index in [2.05, 4.69) is 0 Å². The van der Waals surface area contributed by atoms with E-state index in [1.807, 2.05) is 30.3 Å². The van der Waals surface area contributed by atoms with Crippen molar-refractivity contribution >= 4 is 39.6 Å². The van der Waals surface area contributed by atoms with Gasteiger partial charge in [-0.1, -0.05) is 49.6 Å². The molecule has 2 aromatic carbocycles. The van der Waals surface area contributed by atoms with Crippen LogP contribution in [0.2, 0.25) is 0 Å². The summed E-state index contributed by atoms with van der Waals surface area (Å²) in [6, 6.07) is 12.0. The van der Waals surface area contributed by atoms with E-state index in [0.29, 0.717) is 29.4 Å². The molecular weight excluding hydrogens is 424 g/mol. The number of imide groups is 1. The smallest absolute Gasteiger partial charge is 0.336 e. The molecule has 0 bridgehead atoms. The second-order valence-corrected chi connectivity index (χ2v) is 8.74. The molecule has 2 fully saturated rings. The minimum absolute atomic E-state index is 0.174. The second kappa shape index (κ2) is 8.03. The highest BCUT2D eigenvalue weighted by Gasteiger charge is 2.55. The van der Waals surface area contributed by atoms with Crippen LogP contribution in [0.25, 0.3) is 21.7 Å². The fourth-order valence-corrected chi connectivity index (χ4v) is 5.14. The lowest BCUT2D eigenvalue weighted by Gasteiger charge is -2.35. The zero-order valence-corrected chi connectivity index (χ0v) is 18.3. The molecule has 8 heteroatoms. The maximum atomic E-state index is 13.1. The molecule has 5 rings (SSSR count). The van der Waals surface area contributed by atoms with Crippen LogP contribution in [0.15, 0.2) is 51.7 Å². The van der Waals surface area contributed by atoms with Crippen molar-refractivity contribution in [2.45, 2.75) is 44.2 Å². The van der Waals surface area contributed by atoms with Gasteiger partial charge in [0.2, 0.25) is 0 Å². The fraction of sp³-hybridized carbons (Fsp3) is 0.360. The molecule has 2 heterocycles. The van der Waals surface area contributed by atoms with Crippen LogP contribution in [0, 0.1) is 0 Å². The first-order valence-electron chi connectivity index (χ1n) is 11.1. The Bertz CT molecular complexity index is 1340. The van der Waals surface area contributed by atoms with E-state index in [0.717, 1.165) is 34.9 Å². The largest absolute Gasteiger partial charge is 0.459 e. The minimum atomic E-state index is -0.844. The van der Waals surface area contributed by atoms with Gasteiger partial charge in [-0.3, -0.25) is 14.5 Å². The molecule has 0 unspecified atom stereocenters. The summed E-state index contributed by atoms with van der Waals surface area (Å²) in [6.45, 7) is -0.629. The molecule has 3 aromatic rings. The third-order valence-electron chi connectivity index (χ3n) is 6.87. The van der Waals surface area contributed by atoms with Crippen molar-refractivity contribution in [1.82, 2.24) is 9.80 Å². The number of likely N-dealkylation sites (N-methyl/N-ethyl adjacent to an activating group) is 1. The van der Waals surface area contributed by atoms with Crippen LogP contribution in [-0.2, 0) is 20.9 Å². The summed E-state index contributed by atoms with van der Waals surface area (Å²) in [5.41, 5.74) is -0.484. The quantitative estimate of drug-likeness (QED) is 0.262. The Morgan fingerprint density at radius 1 is 1.06 bits per heavy atom. The van der Waals surface area contributed by atoms with Gasteiger partial charge < -0.3 is 14.1 Å². The predicted molar refractivity (Wildman–Crippen MR) is 120 cm³/mol. The normalized spacial score (nSPS) is 18.0. The summed E-state index contributed by atoms with van der Waals surface area (Å²) in [6.07, 6.45) is 4.00. The SMILES string of the molecule is CN1C(=O)N(CC(=O)OCc2cc(=O)oc3ccc4ccccc4c23)C(=O)C12CCCCC2. The highest BCUT2D eigenvalue weighted by Crippen LogP contribution is 2.39. The number of amides is 3. The Morgan fingerprint density at radius 2 is 1.82 bits per heavy atom. The minimum Gasteiger partial charge on any atom is -0.459 e. The van der Waals surface area contributed by atoms with E-state index >= 15 is 0 Å². The van der Waals surface area contributed by atoms with Crippen LogP contribution in [0.4, 0.5) is 4.79 Å². The number of nitrogens with zero attached hydrogens (tertiary/aromatic N) is 2. The average molecular weight is 448 g/mol. The molecule has 1 spiro atoms. The monoisotopic (exact) mass is 448 g/mol. The van der Waals surface area contributed by atoms with Gasteiger partial charge in [0.25, 0.3) is 5.91 Å². The first-order valence-corrected chi connectivity index (χ1v) is 11.1. The third-order valence-corrected chi connectivity index (χ3v) is 6.87. The van der Waals surface area contributed by atoms with Crippen LogP contribution in [0.5, 0.6) is 0 Å². The summed E-state index contributed by atoms with van der Waals surface area (Å²) in [5, 5.41) is 2.52. The highest BCUT2D eigenvalue weighted by atomic mass is 16.5. The number of rotatable bonds is 4. The van der Waals surface area contributed by atoms with E-state index in [-0.39, 0.29) is 12.5 Å². The van der Waals surface area contributed by atoms with Crippen LogP contribution in [-0.4, -0.2) is 46.8 Å². The van der Waals surface area contributed by atoms with Crippen molar-refractivity contribution in [2.24, 2.45) is 0 Å². The number of fused-ring (bicyclic) bond motifs is 3. The molecule has 2 aliphatic rings. The molecule has 0 N–H and O–H groups in total. The van der Waals surface area contributed by atoms with Crippen LogP contribution in [0.3, 0.4) is 0 Å². The standard InChI is InChI=1S/C25H24N2O6/c1-26-24(31)27(23(30)25(26)11-5-2-6-12-25)14-21(29)32-15-17-13-20(28)33-19-10-9-16-7-3-4-8-18(16)22(17)19/h3-4,7-10,13H,2,5-6,11-12,14-15H2,1H3. The molecule has 1 aliphatic heterocycles. The zero-order chi connectivity index (χ0) is 23.2. The molecule has 1 saturated carbocycles. The van der Waals surface area contributed by atoms with Crippen molar-refractivity contribution in [2.75, 3.05) is 13.6 Å². The topological polar surface area (TPSA) is 97.1 Å². The summed E-state index contributed by atoms with van der Waals surface area (Å²) < 4.78 is 10.8. The summed E-state index contributed by atoms with van der Waals surface area (Å²) in [7, 11) is 1.62. The molecular formula is C25H24N2O6. The van der Waals surface area contributed by atoms with Gasteiger partial charge in [-0.2, -0.15) is 0 Å². The Labute approximate surface area is 189 Å². The number of carbonyl (C=O) groups is 3. The predicted octanol–water partition coefficient (Wildman–Crippen LogP) is 3.59. The molecule has 1 aliphatic carbocycles. The maximum Gasteiger partial charge on any atom is 0.336 e. The van der Waals surface area contributed by atoms with Crippen molar-refractivity contribution in [3.63, 3.8) is 0 Å². The Morgan fingerprint density at radius 3 is 2.61 bits per heavy atom. The number of urea groups is 1. The van der Waals surface area contributed by atoms with E-state index in [1.165, 1.54) is 11.0 Å². The van der Waals surface area contributed by atoms with E-state index in [1.54, 1.807) is 13.1 Å². The molecule has 8 nitrogen and oxygen atoms in total. The lowest BCUT2D eigenvalue weighted by molar-refractivity contribution is -0.149. The number of hydrogen-bond acceptors (Lipinski definition) is 6. The molecule has 33 heavy (non-hydrogen) atoms. The maximum absolute atomic E-state index is 13.1. The molecule has 1 aromatic heterocycles. The Balaban J connectivity index is 1.37. The molecule has 170 valence electrons. The molecule has 0 radical (unpaired) electrons. The van der Waals surface area contributed by atoms with Gasteiger partial charge in [0.1, 0.15) is 24.3 Å². The van der Waals surface area contributed by atoms with Gasteiger partial charge >= 0.3 is 17.6 Å². The van der Waals surface area contributed by atoms with Gasteiger partial charge in [0, 0.05) is 24.1 Å². The first-order chi connectivity index (χ1) is 15.9. The first kappa shape index (κ1) is 21.2. The van der Waals surface area contributed by atoms with Gasteiger partial charge in [0.05, 0.1) is 0 Å². The number of hydrogen-bond donors (Lipinski definition) is 0. The second-order valence-electron chi connectivity index (χ2n) is 8.74. The van der Waals surface area contributed by atoms with Crippen molar-refractivity contribution in [3.8, 4) is 0 Å². The van der Waals surface area contributed by atoms with Crippen LogP contribution < -0.4 is 5.63 Å². The number of ether oxygens (including phenoxy) is 1. The van der Waals surface area contributed by atoms with Crippen LogP contribution >= 0.6 is 0 Å². The van der Waals surface area contributed by atoms with E-state index < -0.39 is 29.7 Å². The number of esters is 1. The van der Waals surface area contributed by atoms with Gasteiger partial charge in [0.15, 0.2) is 0 Å². The van der Waals surface area contributed by atoms with E-state index in [4.69, 9.17) is 9.15 Å². The van der Waals surface area contributed by atoms with E-state index in [9.17, 15) is 19.2 Å². The highest BCUT2D eigenvalue weighted by molar-refractivity contribution is 6.09. The Kier molecular flexibility index (Phi) is 5.15. The summed E-state index contributed by atoms with van der Waals surface area (Å²) >= 11 is 0. The van der Waals surface area contributed by atoms with Gasteiger partial charge in [-0.05, 0) is 29.7 Å².